The molecular formula is C21H27NO3. The van der Waals surface area contributed by atoms with Gasteiger partial charge >= 0.3 is 0 Å². The molecule has 0 saturated heterocycles. The van der Waals surface area contributed by atoms with Crippen LogP contribution in [0.5, 0.6) is 5.75 Å². The molecular weight excluding hydrogens is 314 g/mol. The largest absolute Gasteiger partial charge is 0.489 e. The van der Waals surface area contributed by atoms with Crippen LogP contribution in [0.1, 0.15) is 39.2 Å². The lowest BCUT2D eigenvalue weighted by Gasteiger charge is -2.27. The van der Waals surface area contributed by atoms with Gasteiger partial charge < -0.3 is 14.8 Å². The van der Waals surface area contributed by atoms with Crippen molar-refractivity contribution >= 4 is 11.6 Å². The summed E-state index contributed by atoms with van der Waals surface area (Å²) in [5, 5.41) is 2.93. The molecule has 1 atom stereocenters. The predicted molar refractivity (Wildman–Crippen MR) is 101 cm³/mol. The van der Waals surface area contributed by atoms with Crippen LogP contribution >= 0.6 is 0 Å². The van der Waals surface area contributed by atoms with Gasteiger partial charge in [0.15, 0.2) is 0 Å². The molecule has 4 nitrogen and oxygen atoms in total. The summed E-state index contributed by atoms with van der Waals surface area (Å²) < 4.78 is 11.4. The first-order chi connectivity index (χ1) is 12.1. The zero-order valence-electron chi connectivity index (χ0n) is 15.2. The molecule has 0 heterocycles. The topological polar surface area (TPSA) is 47.6 Å². The molecule has 2 aromatic rings. The second-order valence-corrected chi connectivity index (χ2v) is 6.17. The number of benzene rings is 2. The van der Waals surface area contributed by atoms with Gasteiger partial charge in [-0.3, -0.25) is 4.79 Å². The van der Waals surface area contributed by atoms with Gasteiger partial charge in [-0.2, -0.15) is 0 Å². The molecule has 25 heavy (non-hydrogen) atoms. The van der Waals surface area contributed by atoms with E-state index in [2.05, 4.69) is 5.32 Å². The minimum Gasteiger partial charge on any atom is -0.489 e. The molecule has 0 aliphatic carbocycles. The molecule has 0 fully saturated rings. The highest BCUT2D eigenvalue weighted by Gasteiger charge is 2.32. The number of carbonyl (C=O) groups is 1. The number of hydrogen-bond donors (Lipinski definition) is 1. The van der Waals surface area contributed by atoms with Gasteiger partial charge in [-0.05, 0) is 50.1 Å². The second-order valence-electron chi connectivity index (χ2n) is 6.17. The number of anilines is 1. The summed E-state index contributed by atoms with van der Waals surface area (Å²) >= 11 is 0. The van der Waals surface area contributed by atoms with Crippen molar-refractivity contribution in [2.24, 2.45) is 0 Å². The quantitative estimate of drug-likeness (QED) is 0.713. The Kier molecular flexibility index (Phi) is 7.02. The van der Waals surface area contributed by atoms with Crippen LogP contribution in [0.25, 0.3) is 0 Å². The van der Waals surface area contributed by atoms with E-state index in [1.807, 2.05) is 75.4 Å². The fourth-order valence-corrected chi connectivity index (χ4v) is 2.69. The molecule has 0 radical (unpaired) electrons. The van der Waals surface area contributed by atoms with E-state index in [1.165, 1.54) is 0 Å². The van der Waals surface area contributed by atoms with Crippen molar-refractivity contribution in [1.82, 2.24) is 0 Å². The van der Waals surface area contributed by atoms with Gasteiger partial charge in [0, 0.05) is 12.3 Å². The maximum atomic E-state index is 12.5. The molecule has 0 aliphatic rings. The van der Waals surface area contributed by atoms with Crippen molar-refractivity contribution in [2.45, 2.75) is 45.8 Å². The third-order valence-electron chi connectivity index (χ3n) is 4.03. The Morgan fingerprint density at radius 2 is 1.72 bits per heavy atom. The molecule has 0 bridgehead atoms. The first-order valence-electron chi connectivity index (χ1n) is 8.79. The molecule has 0 unspecified atom stereocenters. The van der Waals surface area contributed by atoms with Crippen LogP contribution in [-0.2, 0) is 16.1 Å². The SMILES string of the molecule is CCC[C@](C)(OCC)C(=O)Nc1ccc(OCc2ccccc2)cc1. The number of hydrogen-bond acceptors (Lipinski definition) is 3. The van der Waals surface area contributed by atoms with Crippen molar-refractivity contribution in [3.8, 4) is 5.75 Å². The van der Waals surface area contributed by atoms with Crippen LogP contribution in [0.4, 0.5) is 5.69 Å². The van der Waals surface area contributed by atoms with Crippen LogP contribution in [-0.4, -0.2) is 18.1 Å². The lowest BCUT2D eigenvalue weighted by Crippen LogP contribution is -2.42. The summed E-state index contributed by atoms with van der Waals surface area (Å²) in [6.07, 6.45) is 1.57. The lowest BCUT2D eigenvalue weighted by atomic mass is 9.99. The Bertz CT molecular complexity index is 647. The van der Waals surface area contributed by atoms with Gasteiger partial charge in [0.05, 0.1) is 0 Å². The van der Waals surface area contributed by atoms with E-state index >= 15 is 0 Å². The van der Waals surface area contributed by atoms with Crippen molar-refractivity contribution in [2.75, 3.05) is 11.9 Å². The van der Waals surface area contributed by atoms with Gasteiger partial charge in [-0.1, -0.05) is 43.7 Å². The van der Waals surface area contributed by atoms with Gasteiger partial charge in [0.2, 0.25) is 0 Å². The van der Waals surface area contributed by atoms with Gasteiger partial charge in [-0.15, -0.1) is 0 Å². The lowest BCUT2D eigenvalue weighted by molar-refractivity contribution is -0.139. The van der Waals surface area contributed by atoms with E-state index in [4.69, 9.17) is 9.47 Å². The summed E-state index contributed by atoms with van der Waals surface area (Å²) in [6.45, 7) is 6.82. The molecule has 134 valence electrons. The number of carbonyl (C=O) groups excluding carboxylic acids is 1. The third kappa shape index (κ3) is 5.61. The third-order valence-corrected chi connectivity index (χ3v) is 4.03. The molecule has 1 N–H and O–H groups in total. The molecule has 2 rings (SSSR count). The van der Waals surface area contributed by atoms with E-state index in [1.54, 1.807) is 0 Å². The number of rotatable bonds is 9. The van der Waals surface area contributed by atoms with E-state index in [0.717, 1.165) is 23.4 Å². The minimum atomic E-state index is -0.800. The molecule has 2 aromatic carbocycles. The summed E-state index contributed by atoms with van der Waals surface area (Å²) in [4.78, 5) is 12.5. The van der Waals surface area contributed by atoms with E-state index in [9.17, 15) is 4.79 Å². The molecule has 0 aromatic heterocycles. The molecule has 0 aliphatic heterocycles. The van der Waals surface area contributed by atoms with Gasteiger partial charge in [0.25, 0.3) is 5.91 Å². The molecule has 4 heteroatoms. The smallest absolute Gasteiger partial charge is 0.256 e. The number of amides is 1. The zero-order valence-corrected chi connectivity index (χ0v) is 15.2. The Hall–Kier alpha value is -2.33. The Balaban J connectivity index is 1.94. The Labute approximate surface area is 150 Å². The predicted octanol–water partition coefficient (Wildman–Crippen LogP) is 4.80. The number of nitrogens with one attached hydrogen (secondary N) is 1. The average molecular weight is 341 g/mol. The van der Waals surface area contributed by atoms with Crippen molar-refractivity contribution in [1.29, 1.82) is 0 Å². The van der Waals surface area contributed by atoms with Crippen molar-refractivity contribution < 1.29 is 14.3 Å². The monoisotopic (exact) mass is 341 g/mol. The molecule has 1 amide bonds. The van der Waals surface area contributed by atoms with Crippen LogP contribution in [0.3, 0.4) is 0 Å². The summed E-state index contributed by atoms with van der Waals surface area (Å²) in [7, 11) is 0. The molecule has 0 spiro atoms. The highest BCUT2D eigenvalue weighted by molar-refractivity contribution is 5.97. The minimum absolute atomic E-state index is 0.117. The average Bonchev–Trinajstić information content (AvgIpc) is 2.62. The van der Waals surface area contributed by atoms with Crippen LogP contribution in [0.15, 0.2) is 54.6 Å². The Morgan fingerprint density at radius 3 is 2.32 bits per heavy atom. The fraction of sp³-hybridized carbons (Fsp3) is 0.381. The second kappa shape index (κ2) is 9.23. The van der Waals surface area contributed by atoms with E-state index < -0.39 is 5.60 Å². The highest BCUT2D eigenvalue weighted by atomic mass is 16.5. The first-order valence-corrected chi connectivity index (χ1v) is 8.79. The normalized spacial score (nSPS) is 13.1. The van der Waals surface area contributed by atoms with Crippen LogP contribution in [0, 0.1) is 0 Å². The van der Waals surface area contributed by atoms with Crippen LogP contribution in [0.2, 0.25) is 0 Å². The van der Waals surface area contributed by atoms with E-state index in [-0.39, 0.29) is 5.91 Å². The highest BCUT2D eigenvalue weighted by Crippen LogP contribution is 2.22. The molecule has 0 saturated carbocycles. The summed E-state index contributed by atoms with van der Waals surface area (Å²) in [5.41, 5.74) is 1.05. The fourth-order valence-electron chi connectivity index (χ4n) is 2.69. The zero-order chi connectivity index (χ0) is 18.1. The summed E-state index contributed by atoms with van der Waals surface area (Å²) in [6, 6.07) is 17.4. The van der Waals surface area contributed by atoms with Crippen molar-refractivity contribution in [3.05, 3.63) is 60.2 Å². The maximum Gasteiger partial charge on any atom is 0.256 e. The Morgan fingerprint density at radius 1 is 1.04 bits per heavy atom. The van der Waals surface area contributed by atoms with Crippen molar-refractivity contribution in [3.63, 3.8) is 0 Å². The van der Waals surface area contributed by atoms with Gasteiger partial charge in [-0.25, -0.2) is 0 Å². The standard InChI is InChI=1S/C21H27NO3/c1-4-15-21(3,25-5-2)20(23)22-18-11-13-19(14-12-18)24-16-17-9-7-6-8-10-17/h6-14H,4-5,15-16H2,1-3H3,(H,22,23)/t21-/m0/s1. The number of ether oxygens (including phenoxy) is 2. The van der Waals surface area contributed by atoms with Crippen LogP contribution < -0.4 is 10.1 Å². The van der Waals surface area contributed by atoms with E-state index in [0.29, 0.717) is 19.6 Å². The maximum absolute atomic E-state index is 12.5. The summed E-state index contributed by atoms with van der Waals surface area (Å²) in [5.74, 6) is 0.650. The first kappa shape index (κ1) is 19.0. The van der Waals surface area contributed by atoms with Gasteiger partial charge in [0.1, 0.15) is 18.0 Å².